The second kappa shape index (κ2) is 48.6. The Morgan fingerprint density at radius 2 is 0.863 bits per heavy atom. The smallest absolute Gasteiger partial charge is 0.335 e. The molecule has 0 aromatic rings. The minimum atomic E-state index is -1.94. The summed E-state index contributed by atoms with van der Waals surface area (Å²) in [5, 5.41) is 31.4. The summed E-state index contributed by atoms with van der Waals surface area (Å²) < 4.78 is 28.2. The van der Waals surface area contributed by atoms with Gasteiger partial charge in [0.1, 0.15) is 18.8 Å². The molecule has 1 fully saturated rings. The van der Waals surface area contributed by atoms with E-state index in [0.717, 1.165) is 57.8 Å². The van der Waals surface area contributed by atoms with Crippen LogP contribution in [0, 0.1) is 0 Å². The first-order valence-electron chi connectivity index (χ1n) is 28.2. The topological polar surface area (TPSA) is 175 Å². The summed E-state index contributed by atoms with van der Waals surface area (Å²) in [6.07, 6.45) is 51.4. The van der Waals surface area contributed by atoms with Crippen LogP contribution in [0.15, 0.2) is 97.2 Å². The lowest BCUT2D eigenvalue weighted by molar-refractivity contribution is -0.301. The molecule has 12 nitrogen and oxygen atoms in total. The third kappa shape index (κ3) is 38.8. The Morgan fingerprint density at radius 3 is 1.29 bits per heavy atom. The number of hydrogen-bond acceptors (Lipinski definition) is 11. The molecule has 6 atom stereocenters. The van der Waals surface area contributed by atoms with Crippen molar-refractivity contribution in [2.75, 3.05) is 13.2 Å². The molecule has 12 heteroatoms. The Morgan fingerprint density at radius 1 is 0.466 bits per heavy atom. The molecular formula is C61H98O12. The van der Waals surface area contributed by atoms with Gasteiger partial charge in [0.15, 0.2) is 24.6 Å². The van der Waals surface area contributed by atoms with Gasteiger partial charge in [-0.05, 0) is 70.6 Å². The van der Waals surface area contributed by atoms with Crippen molar-refractivity contribution >= 4 is 23.9 Å². The van der Waals surface area contributed by atoms with E-state index in [1.807, 2.05) is 30.4 Å². The third-order valence-electron chi connectivity index (χ3n) is 12.2. The molecule has 414 valence electrons. The van der Waals surface area contributed by atoms with Crippen LogP contribution in [0.25, 0.3) is 0 Å². The quantitative estimate of drug-likeness (QED) is 0.0228. The number of unbranched alkanes of at least 4 members (excludes halogenated alkanes) is 16. The maximum atomic E-state index is 13.1. The molecule has 1 rings (SSSR count). The zero-order chi connectivity index (χ0) is 53.3. The number of hydrogen-bond donors (Lipinski definition) is 3. The van der Waals surface area contributed by atoms with Gasteiger partial charge in [-0.25, -0.2) is 4.79 Å². The van der Waals surface area contributed by atoms with E-state index in [2.05, 4.69) is 87.6 Å². The molecule has 6 unspecified atom stereocenters. The van der Waals surface area contributed by atoms with Gasteiger partial charge in [-0.1, -0.05) is 221 Å². The van der Waals surface area contributed by atoms with E-state index < -0.39 is 67.3 Å². The Hall–Kier alpha value is -4.36. The number of aliphatic hydroxyl groups is 2. The molecule has 73 heavy (non-hydrogen) atoms. The maximum Gasteiger partial charge on any atom is 0.335 e. The summed E-state index contributed by atoms with van der Waals surface area (Å²) in [6.45, 7) is 5.65. The number of carbonyl (C=O) groups is 4. The average Bonchev–Trinajstić information content (AvgIpc) is 3.37. The molecule has 0 saturated carbocycles. The predicted octanol–water partition coefficient (Wildman–Crippen LogP) is 14.1. The lowest BCUT2D eigenvalue weighted by Gasteiger charge is -2.40. The highest BCUT2D eigenvalue weighted by Crippen LogP contribution is 2.26. The van der Waals surface area contributed by atoms with Crippen LogP contribution in [0.3, 0.4) is 0 Å². The fourth-order valence-corrected chi connectivity index (χ4v) is 7.92. The number of rotatable bonds is 46. The molecule has 0 radical (unpaired) electrons. The summed E-state index contributed by atoms with van der Waals surface area (Å²) in [5.74, 6) is -3.34. The number of aliphatic hydroxyl groups excluding tert-OH is 2. The zero-order valence-electron chi connectivity index (χ0n) is 45.3. The van der Waals surface area contributed by atoms with Gasteiger partial charge in [0.25, 0.3) is 0 Å². The van der Waals surface area contributed by atoms with E-state index in [1.165, 1.54) is 83.5 Å². The van der Waals surface area contributed by atoms with Crippen LogP contribution < -0.4 is 0 Å². The van der Waals surface area contributed by atoms with Gasteiger partial charge >= 0.3 is 23.9 Å². The molecule has 1 aliphatic heterocycles. The summed E-state index contributed by atoms with van der Waals surface area (Å²) in [4.78, 5) is 50.9. The first kappa shape index (κ1) is 66.7. The highest BCUT2D eigenvalue weighted by atomic mass is 16.7. The molecule has 0 spiro atoms. The van der Waals surface area contributed by atoms with E-state index in [-0.39, 0.29) is 25.9 Å². The lowest BCUT2D eigenvalue weighted by Crippen LogP contribution is -2.61. The van der Waals surface area contributed by atoms with Gasteiger partial charge in [-0.3, -0.25) is 14.4 Å². The number of allylic oxidation sites excluding steroid dienone is 16. The first-order chi connectivity index (χ1) is 35.6. The SMILES string of the molecule is CC/C=C\C/C=C\C/C=C\C/C=C\CCC(=O)OC(COC(=O)CCCCCCCCCCCCCCCCCCC)COC1OC(C(=O)O)C(O)C(O)C1OC(=O)CC/C=C\C/C=C\C/C=C\C/C=C\CC. The fourth-order valence-electron chi connectivity index (χ4n) is 7.92. The minimum absolute atomic E-state index is 0.0311. The second-order valence-corrected chi connectivity index (χ2v) is 18.8. The molecule has 0 aromatic carbocycles. The maximum absolute atomic E-state index is 13.1. The number of carboxylic acid groups (broad SMARTS) is 1. The molecule has 1 saturated heterocycles. The van der Waals surface area contributed by atoms with Gasteiger partial charge < -0.3 is 39.0 Å². The van der Waals surface area contributed by atoms with E-state index in [9.17, 15) is 34.5 Å². The molecule has 0 amide bonds. The fraction of sp³-hybridized carbons (Fsp3) is 0.672. The van der Waals surface area contributed by atoms with Crippen LogP contribution in [0.4, 0.5) is 0 Å². The Kier molecular flexibility index (Phi) is 44.4. The van der Waals surface area contributed by atoms with Crippen molar-refractivity contribution in [3.05, 3.63) is 97.2 Å². The predicted molar refractivity (Wildman–Crippen MR) is 294 cm³/mol. The molecule has 1 aliphatic rings. The largest absolute Gasteiger partial charge is 0.479 e. The number of esters is 3. The van der Waals surface area contributed by atoms with Crippen LogP contribution in [-0.2, 0) is 42.9 Å². The van der Waals surface area contributed by atoms with Gasteiger partial charge in [0, 0.05) is 19.3 Å². The molecule has 3 N–H and O–H groups in total. The molecule has 0 aromatic heterocycles. The monoisotopic (exact) mass is 1020 g/mol. The van der Waals surface area contributed by atoms with Crippen molar-refractivity contribution < 1.29 is 58.2 Å². The zero-order valence-corrected chi connectivity index (χ0v) is 45.3. The normalized spacial score (nSPS) is 19.1. The lowest BCUT2D eigenvalue weighted by atomic mass is 9.98. The molecule has 0 aliphatic carbocycles. The van der Waals surface area contributed by atoms with Crippen molar-refractivity contribution in [3.8, 4) is 0 Å². The van der Waals surface area contributed by atoms with Gasteiger partial charge in [-0.15, -0.1) is 0 Å². The minimum Gasteiger partial charge on any atom is -0.479 e. The van der Waals surface area contributed by atoms with Crippen LogP contribution in [0.2, 0.25) is 0 Å². The Bertz CT molecular complexity index is 1640. The van der Waals surface area contributed by atoms with Crippen molar-refractivity contribution in [1.82, 2.24) is 0 Å². The summed E-state index contributed by atoms with van der Waals surface area (Å²) in [7, 11) is 0. The number of ether oxygens (including phenoxy) is 5. The molecular weight excluding hydrogens is 925 g/mol. The van der Waals surface area contributed by atoms with Gasteiger partial charge in [0.2, 0.25) is 0 Å². The van der Waals surface area contributed by atoms with Crippen LogP contribution in [0.1, 0.15) is 213 Å². The number of carboxylic acids is 1. The summed E-state index contributed by atoms with van der Waals surface area (Å²) in [6, 6.07) is 0. The summed E-state index contributed by atoms with van der Waals surface area (Å²) in [5.41, 5.74) is 0. The van der Waals surface area contributed by atoms with Crippen LogP contribution >= 0.6 is 0 Å². The molecule has 0 bridgehead atoms. The highest BCUT2D eigenvalue weighted by Gasteiger charge is 2.50. The standard InChI is InChI=1S/C61H98O12/c1-4-7-10-13-16-19-22-25-26-27-28-31-32-35-38-41-44-47-53(62)69-50-52(71-54(63)48-45-42-39-36-33-29-23-20-17-14-11-8-5-2)51-70-61-59(57(66)56(65)58(73-61)60(67)68)72-55(64)49-46-43-40-37-34-30-24-21-18-15-12-9-6-3/h8-9,11-12,17-18,20-21,29-30,33-34,39-40,42-43,52,56-59,61,65-66H,4-7,10,13-16,19,22-28,31-32,35-38,41,44-51H2,1-3H3,(H,67,68)/b11-8-,12-9-,20-17-,21-18-,33-29-,34-30-,42-39-,43-40-. The van der Waals surface area contributed by atoms with E-state index in [1.54, 1.807) is 0 Å². The highest BCUT2D eigenvalue weighted by molar-refractivity contribution is 5.74. The van der Waals surface area contributed by atoms with Gasteiger partial charge in [-0.2, -0.15) is 0 Å². The summed E-state index contributed by atoms with van der Waals surface area (Å²) >= 11 is 0. The van der Waals surface area contributed by atoms with Crippen LogP contribution in [0.5, 0.6) is 0 Å². The first-order valence-corrected chi connectivity index (χ1v) is 28.2. The Labute approximate surface area is 441 Å². The van der Waals surface area contributed by atoms with E-state index >= 15 is 0 Å². The van der Waals surface area contributed by atoms with E-state index in [0.29, 0.717) is 32.1 Å². The second-order valence-electron chi connectivity index (χ2n) is 18.8. The number of carbonyl (C=O) groups excluding carboxylic acids is 3. The van der Waals surface area contributed by atoms with Gasteiger partial charge in [0.05, 0.1) is 6.61 Å². The Balaban J connectivity index is 2.76. The van der Waals surface area contributed by atoms with Crippen molar-refractivity contribution in [1.29, 1.82) is 0 Å². The third-order valence-corrected chi connectivity index (χ3v) is 12.2. The van der Waals surface area contributed by atoms with Crippen LogP contribution in [-0.4, -0.2) is 89.2 Å². The average molecular weight is 1020 g/mol. The van der Waals surface area contributed by atoms with Crippen molar-refractivity contribution in [2.45, 2.75) is 250 Å². The van der Waals surface area contributed by atoms with E-state index in [4.69, 9.17) is 23.7 Å². The van der Waals surface area contributed by atoms with Crippen molar-refractivity contribution in [3.63, 3.8) is 0 Å². The molecule has 1 heterocycles. The van der Waals surface area contributed by atoms with Crippen molar-refractivity contribution in [2.24, 2.45) is 0 Å². The number of aliphatic carboxylic acids is 1.